The Labute approximate surface area is 148 Å². The van der Waals surface area contributed by atoms with Crippen molar-refractivity contribution in [3.63, 3.8) is 0 Å². The molecule has 0 radical (unpaired) electrons. The number of carbonyl (C=O) groups is 2. The van der Waals surface area contributed by atoms with E-state index < -0.39 is 11.8 Å². The first-order valence-corrected chi connectivity index (χ1v) is 9.00. The number of ether oxygens (including phenoxy) is 1. The summed E-state index contributed by atoms with van der Waals surface area (Å²) in [4.78, 5) is 30.7. The maximum Gasteiger partial charge on any atom is 0.313 e. The van der Waals surface area contributed by atoms with Crippen molar-refractivity contribution in [2.45, 2.75) is 38.1 Å². The van der Waals surface area contributed by atoms with Gasteiger partial charge < -0.3 is 20.3 Å². The van der Waals surface area contributed by atoms with Crippen molar-refractivity contribution in [2.24, 2.45) is 5.92 Å². The van der Waals surface area contributed by atoms with Gasteiger partial charge >= 0.3 is 11.8 Å². The van der Waals surface area contributed by atoms with Crippen molar-refractivity contribution in [2.75, 3.05) is 32.1 Å². The number of aromatic nitrogens is 1. The molecule has 2 aliphatic rings. The molecule has 1 aromatic heterocycles. The molecule has 25 heavy (non-hydrogen) atoms. The van der Waals surface area contributed by atoms with Gasteiger partial charge in [0.25, 0.3) is 0 Å². The number of hydrogen-bond acceptors (Lipinski definition) is 5. The Balaban J connectivity index is 1.48. The Morgan fingerprint density at radius 1 is 1.20 bits per heavy atom. The van der Waals surface area contributed by atoms with Gasteiger partial charge in [-0.2, -0.15) is 0 Å². The Kier molecular flexibility index (Phi) is 5.86. The number of nitrogens with zero attached hydrogens (tertiary/aromatic N) is 2. The van der Waals surface area contributed by atoms with Crippen LogP contribution in [0.1, 0.15) is 32.1 Å². The summed E-state index contributed by atoms with van der Waals surface area (Å²) in [5.41, 5.74) is 0.470. The molecule has 2 N–H and O–H groups in total. The minimum absolute atomic E-state index is 0.438. The van der Waals surface area contributed by atoms with Gasteiger partial charge in [0.05, 0.1) is 19.0 Å². The van der Waals surface area contributed by atoms with Crippen LogP contribution in [-0.4, -0.2) is 54.5 Å². The third-order valence-corrected chi connectivity index (χ3v) is 5.16. The third kappa shape index (κ3) is 4.48. The van der Waals surface area contributed by atoms with Gasteiger partial charge in [-0.15, -0.1) is 0 Å². The number of piperidine rings is 2. The molecule has 2 aliphatic heterocycles. The van der Waals surface area contributed by atoms with Crippen LogP contribution in [0.3, 0.4) is 0 Å². The van der Waals surface area contributed by atoms with Crippen molar-refractivity contribution in [3.8, 4) is 5.88 Å². The average molecular weight is 346 g/mol. The van der Waals surface area contributed by atoms with Crippen LogP contribution in [0.4, 0.5) is 5.69 Å². The van der Waals surface area contributed by atoms with Gasteiger partial charge in [-0.25, -0.2) is 4.98 Å². The maximum atomic E-state index is 12.1. The summed E-state index contributed by atoms with van der Waals surface area (Å²) < 4.78 is 4.96. The van der Waals surface area contributed by atoms with Crippen LogP contribution in [0.15, 0.2) is 18.3 Å². The molecular weight excluding hydrogens is 320 g/mol. The number of fused-ring (bicyclic) bond motifs is 1. The summed E-state index contributed by atoms with van der Waals surface area (Å²) in [7, 11) is 1.52. The number of hydrogen-bond donors (Lipinski definition) is 2. The monoisotopic (exact) mass is 346 g/mol. The molecule has 1 aromatic rings. The summed E-state index contributed by atoms with van der Waals surface area (Å²) in [6.07, 6.45) is 7.48. The number of methoxy groups -OCH3 is 1. The molecule has 0 bridgehead atoms. The van der Waals surface area contributed by atoms with Crippen LogP contribution in [-0.2, 0) is 9.59 Å². The van der Waals surface area contributed by atoms with Crippen molar-refractivity contribution in [1.29, 1.82) is 0 Å². The van der Waals surface area contributed by atoms with E-state index in [9.17, 15) is 9.59 Å². The molecule has 0 saturated carbocycles. The fraction of sp³-hybridized carbons (Fsp3) is 0.611. The maximum absolute atomic E-state index is 12.1. The van der Waals surface area contributed by atoms with Crippen LogP contribution in [0.25, 0.3) is 0 Å². The van der Waals surface area contributed by atoms with E-state index in [-0.39, 0.29) is 0 Å². The number of anilines is 1. The smallest absolute Gasteiger partial charge is 0.313 e. The van der Waals surface area contributed by atoms with E-state index in [1.54, 1.807) is 12.1 Å². The first-order chi connectivity index (χ1) is 12.2. The summed E-state index contributed by atoms with van der Waals surface area (Å²) in [5.74, 6) is -0.364. The van der Waals surface area contributed by atoms with E-state index in [1.165, 1.54) is 52.1 Å². The van der Waals surface area contributed by atoms with Crippen LogP contribution in [0.5, 0.6) is 5.88 Å². The van der Waals surface area contributed by atoms with Crippen molar-refractivity contribution < 1.29 is 14.3 Å². The third-order valence-electron chi connectivity index (χ3n) is 5.16. The molecule has 3 heterocycles. The molecule has 7 nitrogen and oxygen atoms in total. The summed E-state index contributed by atoms with van der Waals surface area (Å²) >= 11 is 0. The van der Waals surface area contributed by atoms with Gasteiger partial charge in [-0.1, -0.05) is 6.42 Å². The Hall–Kier alpha value is -2.15. The van der Waals surface area contributed by atoms with Gasteiger partial charge in [0.2, 0.25) is 5.88 Å². The van der Waals surface area contributed by atoms with Crippen molar-refractivity contribution >= 4 is 17.5 Å². The van der Waals surface area contributed by atoms with Crippen LogP contribution in [0.2, 0.25) is 0 Å². The SMILES string of the molecule is COc1ccc(NC(=O)C(=O)NC[C@H]2CCCN3CCCC[C@H]23)cn1. The van der Waals surface area contributed by atoms with E-state index in [1.807, 2.05) is 0 Å². The minimum Gasteiger partial charge on any atom is -0.481 e. The first kappa shape index (κ1) is 17.7. The molecule has 2 saturated heterocycles. The lowest BCUT2D eigenvalue weighted by atomic mass is 9.83. The molecule has 2 fully saturated rings. The number of carbonyl (C=O) groups excluding carboxylic acids is 2. The quantitative estimate of drug-likeness (QED) is 0.806. The fourth-order valence-electron chi connectivity index (χ4n) is 3.88. The highest BCUT2D eigenvalue weighted by Gasteiger charge is 2.33. The molecule has 0 unspecified atom stereocenters. The second kappa shape index (κ2) is 8.29. The van der Waals surface area contributed by atoms with Gasteiger partial charge in [-0.3, -0.25) is 9.59 Å². The van der Waals surface area contributed by atoms with E-state index in [0.29, 0.717) is 30.1 Å². The second-order valence-corrected chi connectivity index (χ2v) is 6.75. The Morgan fingerprint density at radius 3 is 2.80 bits per heavy atom. The summed E-state index contributed by atoms with van der Waals surface area (Å²) in [5, 5.41) is 5.36. The molecule has 3 rings (SSSR count). The van der Waals surface area contributed by atoms with Crippen molar-refractivity contribution in [3.05, 3.63) is 18.3 Å². The van der Waals surface area contributed by atoms with E-state index in [2.05, 4.69) is 20.5 Å². The lowest BCUT2D eigenvalue weighted by Crippen LogP contribution is -2.51. The van der Waals surface area contributed by atoms with Gasteiger partial charge in [-0.05, 0) is 50.8 Å². The Morgan fingerprint density at radius 2 is 2.04 bits per heavy atom. The molecule has 0 aliphatic carbocycles. The number of rotatable bonds is 4. The molecule has 2 amide bonds. The molecule has 136 valence electrons. The van der Waals surface area contributed by atoms with Crippen molar-refractivity contribution in [1.82, 2.24) is 15.2 Å². The lowest BCUT2D eigenvalue weighted by Gasteiger charge is -2.44. The number of amides is 2. The van der Waals surface area contributed by atoms with E-state index >= 15 is 0 Å². The topological polar surface area (TPSA) is 83.6 Å². The van der Waals surface area contributed by atoms with Crippen LogP contribution < -0.4 is 15.4 Å². The predicted molar refractivity (Wildman–Crippen MR) is 94.4 cm³/mol. The Bertz CT molecular complexity index is 603. The number of pyridine rings is 1. The second-order valence-electron chi connectivity index (χ2n) is 6.75. The zero-order chi connectivity index (χ0) is 17.6. The largest absolute Gasteiger partial charge is 0.481 e. The number of nitrogens with one attached hydrogen (secondary N) is 2. The normalized spacial score (nSPS) is 23.4. The van der Waals surface area contributed by atoms with Gasteiger partial charge in [0, 0.05) is 18.7 Å². The minimum atomic E-state index is -0.664. The molecule has 7 heteroatoms. The van der Waals surface area contributed by atoms with Gasteiger partial charge in [0.1, 0.15) is 0 Å². The molecule has 2 atom stereocenters. The van der Waals surface area contributed by atoms with Gasteiger partial charge in [0.15, 0.2) is 0 Å². The fourth-order valence-corrected chi connectivity index (χ4v) is 3.88. The van der Waals surface area contributed by atoms with Crippen LogP contribution >= 0.6 is 0 Å². The molecule has 0 spiro atoms. The average Bonchev–Trinajstić information content (AvgIpc) is 2.66. The highest BCUT2D eigenvalue weighted by Crippen LogP contribution is 2.30. The van der Waals surface area contributed by atoms with Crippen LogP contribution in [0, 0.1) is 5.92 Å². The summed E-state index contributed by atoms with van der Waals surface area (Å²) in [6, 6.07) is 3.84. The molecule has 0 aromatic carbocycles. The predicted octanol–water partition coefficient (Wildman–Crippen LogP) is 1.41. The zero-order valence-electron chi connectivity index (χ0n) is 14.7. The zero-order valence-corrected chi connectivity index (χ0v) is 14.7. The van der Waals surface area contributed by atoms with E-state index in [0.717, 1.165) is 6.42 Å². The lowest BCUT2D eigenvalue weighted by molar-refractivity contribution is -0.136. The standard InChI is InChI=1S/C18H26N4O3/c1-25-16-8-7-14(12-19-16)21-18(24)17(23)20-11-13-5-4-10-22-9-3-2-6-15(13)22/h7-8,12-13,15H,2-6,9-11H2,1H3,(H,20,23)(H,21,24)/t13-,15-/m1/s1. The highest BCUT2D eigenvalue weighted by molar-refractivity contribution is 6.39. The summed E-state index contributed by atoms with van der Waals surface area (Å²) in [6.45, 7) is 2.90. The highest BCUT2D eigenvalue weighted by atomic mass is 16.5. The first-order valence-electron chi connectivity index (χ1n) is 9.00. The van der Waals surface area contributed by atoms with E-state index in [4.69, 9.17) is 4.74 Å². The molecular formula is C18H26N4O3.